The van der Waals surface area contributed by atoms with Gasteiger partial charge in [-0.15, -0.1) is 0 Å². The molecule has 0 spiro atoms. The Kier molecular flexibility index (Phi) is 6.23. The van der Waals surface area contributed by atoms with Crippen LogP contribution >= 0.6 is 0 Å². The van der Waals surface area contributed by atoms with E-state index < -0.39 is 0 Å². The van der Waals surface area contributed by atoms with Crippen LogP contribution in [-0.2, 0) is 26.3 Å². The Morgan fingerprint density at radius 3 is 1.82 bits per heavy atom. The van der Waals surface area contributed by atoms with E-state index in [2.05, 4.69) is 146 Å². The number of benzene rings is 4. The molecule has 0 radical (unpaired) electrons. The second-order valence-corrected chi connectivity index (χ2v) is 17.3. The molecule has 0 saturated carbocycles. The van der Waals surface area contributed by atoms with E-state index in [1.807, 2.05) is 0 Å². The molecule has 3 aromatic heterocycles. The van der Waals surface area contributed by atoms with Crippen molar-refractivity contribution in [2.45, 2.75) is 88.5 Å². The number of rotatable bonds is 3. The van der Waals surface area contributed by atoms with Gasteiger partial charge in [-0.3, -0.25) is 0 Å². The van der Waals surface area contributed by atoms with Crippen molar-refractivity contribution in [3.63, 3.8) is 0 Å². The number of pyridine rings is 2. The Labute approximate surface area is 263 Å². The summed E-state index contributed by atoms with van der Waals surface area (Å²) >= 11 is 0. The Balaban J connectivity index is 1.75. The SMILES string of the molecule is Cc1c2cc(CC(C)(C)C)ccc2c(CC(C)(C)C)c2c1c1c3c(ccc4c5cc(CC(C)(C)C)ccc5n2c43)cc[n+]1C. The smallest absolute Gasteiger partial charge is 0.224 e. The monoisotopic (exact) mass is 581 g/mol. The number of aryl methyl sites for hydroxylation is 2. The van der Waals surface area contributed by atoms with Crippen LogP contribution in [0.4, 0.5) is 0 Å². The predicted molar refractivity (Wildman–Crippen MR) is 192 cm³/mol. The van der Waals surface area contributed by atoms with Crippen molar-refractivity contribution in [1.82, 2.24) is 4.40 Å². The lowest BCUT2D eigenvalue weighted by atomic mass is 9.81. The summed E-state index contributed by atoms with van der Waals surface area (Å²) in [5.41, 5.74) is 11.7. The summed E-state index contributed by atoms with van der Waals surface area (Å²) in [5.74, 6) is 0. The Morgan fingerprint density at radius 2 is 1.18 bits per heavy atom. The summed E-state index contributed by atoms with van der Waals surface area (Å²) in [6.07, 6.45) is 5.40. The fourth-order valence-corrected chi connectivity index (χ4v) is 7.98. The maximum atomic E-state index is 2.66. The van der Waals surface area contributed by atoms with E-state index in [0.717, 1.165) is 19.3 Å². The van der Waals surface area contributed by atoms with Gasteiger partial charge in [-0.2, -0.15) is 0 Å². The Hall–Kier alpha value is -3.65. The highest BCUT2D eigenvalue weighted by molar-refractivity contribution is 6.29. The molecule has 0 aliphatic rings. The fraction of sp³-hybridized carbons (Fsp3) is 0.405. The van der Waals surface area contributed by atoms with Crippen LogP contribution in [0.15, 0.2) is 60.8 Å². The van der Waals surface area contributed by atoms with Crippen molar-refractivity contribution in [3.8, 4) is 0 Å². The van der Waals surface area contributed by atoms with E-state index in [1.165, 1.54) is 82.0 Å². The zero-order chi connectivity index (χ0) is 31.5. The summed E-state index contributed by atoms with van der Waals surface area (Å²) in [4.78, 5) is 0. The van der Waals surface area contributed by atoms with E-state index in [-0.39, 0.29) is 16.2 Å². The lowest BCUT2D eigenvalue weighted by Gasteiger charge is -2.25. The molecule has 4 aromatic carbocycles. The van der Waals surface area contributed by atoms with Crippen molar-refractivity contribution in [2.75, 3.05) is 0 Å². The van der Waals surface area contributed by atoms with Crippen LogP contribution in [-0.4, -0.2) is 4.40 Å². The fourth-order valence-electron chi connectivity index (χ4n) is 7.98. The standard InChI is InChI=1S/C42H49N2/c1-25-31-20-26(22-40(2,3)4)12-15-29(31)33(24-42(8,9)10)38-35(25)39-36-28(18-19-43(39)11)14-16-30-32-21-27(23-41(5,6)7)13-17-34(32)44(38)37(30)36/h12-21H,22-24H2,1-11H3/q+1. The maximum Gasteiger partial charge on any atom is 0.224 e. The Morgan fingerprint density at radius 1 is 0.591 bits per heavy atom. The molecule has 0 aliphatic carbocycles. The molecule has 44 heavy (non-hydrogen) atoms. The van der Waals surface area contributed by atoms with Gasteiger partial charge in [0.1, 0.15) is 7.05 Å². The number of fused-ring (bicyclic) bond motifs is 7. The minimum Gasteiger partial charge on any atom is -0.307 e. The molecule has 0 atom stereocenters. The molecule has 0 amide bonds. The van der Waals surface area contributed by atoms with Crippen LogP contribution in [0.1, 0.15) is 84.6 Å². The first-order chi connectivity index (χ1) is 20.5. The van der Waals surface area contributed by atoms with Crippen LogP contribution in [0.2, 0.25) is 0 Å². The van der Waals surface area contributed by atoms with Crippen molar-refractivity contribution >= 4 is 59.8 Å². The number of hydrogen-bond acceptors (Lipinski definition) is 0. The predicted octanol–water partition coefficient (Wildman–Crippen LogP) is 11.0. The quantitative estimate of drug-likeness (QED) is 0.111. The lowest BCUT2D eigenvalue weighted by molar-refractivity contribution is -0.643. The van der Waals surface area contributed by atoms with Gasteiger partial charge in [0.15, 0.2) is 6.20 Å². The van der Waals surface area contributed by atoms with Crippen molar-refractivity contribution in [2.24, 2.45) is 23.3 Å². The molecule has 2 heteroatoms. The molecule has 0 fully saturated rings. The summed E-state index contributed by atoms with van der Waals surface area (Å²) in [6.45, 7) is 23.6. The van der Waals surface area contributed by atoms with E-state index in [0.29, 0.717) is 0 Å². The third-order valence-corrected chi connectivity index (χ3v) is 9.44. The summed E-state index contributed by atoms with van der Waals surface area (Å²) in [7, 11) is 2.24. The number of nitrogens with zero attached hydrogens (tertiary/aromatic N) is 2. The van der Waals surface area contributed by atoms with Gasteiger partial charge in [0.05, 0.1) is 27.3 Å². The van der Waals surface area contributed by atoms with E-state index >= 15 is 0 Å². The first kappa shape index (κ1) is 29.1. The Bertz CT molecular complexity index is 2260. The first-order valence-corrected chi connectivity index (χ1v) is 16.5. The molecule has 0 N–H and O–H groups in total. The zero-order valence-electron chi connectivity index (χ0n) is 28.8. The van der Waals surface area contributed by atoms with Gasteiger partial charge in [-0.05, 0) is 93.0 Å². The summed E-state index contributed by atoms with van der Waals surface area (Å²) < 4.78 is 5.04. The van der Waals surface area contributed by atoms with Gasteiger partial charge >= 0.3 is 0 Å². The van der Waals surface area contributed by atoms with Gasteiger partial charge in [0, 0.05) is 16.8 Å². The normalized spacial score (nSPS) is 13.6. The minimum absolute atomic E-state index is 0.132. The lowest BCUT2D eigenvalue weighted by Crippen LogP contribution is -2.29. The van der Waals surface area contributed by atoms with Crippen LogP contribution in [0, 0.1) is 23.2 Å². The van der Waals surface area contributed by atoms with Crippen molar-refractivity contribution < 1.29 is 4.57 Å². The highest BCUT2D eigenvalue weighted by atomic mass is 15.0. The van der Waals surface area contributed by atoms with Crippen LogP contribution in [0.3, 0.4) is 0 Å². The zero-order valence-corrected chi connectivity index (χ0v) is 28.8. The summed E-state index contributed by atoms with van der Waals surface area (Å²) in [6, 6.07) is 21.6. The van der Waals surface area contributed by atoms with E-state index in [1.54, 1.807) is 0 Å². The van der Waals surface area contributed by atoms with Gasteiger partial charge in [0.2, 0.25) is 5.52 Å². The molecule has 0 unspecified atom stereocenters. The van der Waals surface area contributed by atoms with E-state index in [4.69, 9.17) is 0 Å². The molecule has 2 nitrogen and oxygen atoms in total. The third kappa shape index (κ3) is 4.64. The second-order valence-electron chi connectivity index (χ2n) is 17.3. The second kappa shape index (κ2) is 9.43. The van der Waals surface area contributed by atoms with Crippen LogP contribution in [0.5, 0.6) is 0 Å². The largest absolute Gasteiger partial charge is 0.307 e. The van der Waals surface area contributed by atoms with E-state index in [9.17, 15) is 0 Å². The van der Waals surface area contributed by atoms with Gasteiger partial charge < -0.3 is 4.40 Å². The van der Waals surface area contributed by atoms with Gasteiger partial charge in [0.25, 0.3) is 0 Å². The topological polar surface area (TPSA) is 8.29 Å². The molecular weight excluding hydrogens is 532 g/mol. The van der Waals surface area contributed by atoms with Gasteiger partial charge in [-0.1, -0.05) is 98.7 Å². The molecule has 7 rings (SSSR count). The maximum absolute atomic E-state index is 2.66. The minimum atomic E-state index is 0.132. The molecule has 0 aliphatic heterocycles. The highest BCUT2D eigenvalue weighted by Crippen LogP contribution is 2.45. The number of hydrogen-bond donors (Lipinski definition) is 0. The third-order valence-electron chi connectivity index (χ3n) is 9.44. The number of aromatic nitrogens is 2. The van der Waals surface area contributed by atoms with Crippen LogP contribution < -0.4 is 4.57 Å². The molecule has 0 saturated heterocycles. The molecule has 226 valence electrons. The average Bonchev–Trinajstić information content (AvgIpc) is 3.22. The molecule has 3 heterocycles. The van der Waals surface area contributed by atoms with Crippen LogP contribution in [0.25, 0.3) is 59.8 Å². The molecule has 0 bridgehead atoms. The highest BCUT2D eigenvalue weighted by Gasteiger charge is 2.29. The van der Waals surface area contributed by atoms with Crippen molar-refractivity contribution in [1.29, 1.82) is 0 Å². The molecule has 7 aromatic rings. The molecular formula is C42H49N2+. The first-order valence-electron chi connectivity index (χ1n) is 16.5. The summed E-state index contributed by atoms with van der Waals surface area (Å²) in [5, 5.41) is 9.63. The van der Waals surface area contributed by atoms with Crippen molar-refractivity contribution in [3.05, 3.63) is 83.0 Å². The van der Waals surface area contributed by atoms with Gasteiger partial charge in [-0.25, -0.2) is 4.57 Å². The average molecular weight is 582 g/mol.